The third-order valence-corrected chi connectivity index (χ3v) is 4.00. The molecule has 0 aliphatic carbocycles. The van der Waals surface area contributed by atoms with Crippen LogP contribution in [0.2, 0.25) is 0 Å². The van der Waals surface area contributed by atoms with Crippen LogP contribution in [0, 0.1) is 0 Å². The van der Waals surface area contributed by atoms with Crippen molar-refractivity contribution in [3.05, 3.63) is 28.2 Å². The number of nitrogens with one attached hydrogen (secondary N) is 1. The second-order valence-corrected chi connectivity index (χ2v) is 5.24. The molecule has 0 aromatic heterocycles. The quantitative estimate of drug-likeness (QED) is 0.855. The highest BCUT2D eigenvalue weighted by Crippen LogP contribution is 2.35. The van der Waals surface area contributed by atoms with Crippen LogP contribution in [-0.2, 0) is 0 Å². The molecule has 0 amide bonds. The van der Waals surface area contributed by atoms with Crippen molar-refractivity contribution in [1.29, 1.82) is 0 Å². The molecule has 0 bridgehead atoms. The second-order valence-electron chi connectivity index (χ2n) is 4.39. The Kier molecular flexibility index (Phi) is 9.03. The number of piperazine rings is 1. The van der Waals surface area contributed by atoms with E-state index in [1.807, 2.05) is 18.2 Å². The van der Waals surface area contributed by atoms with Gasteiger partial charge in [0, 0.05) is 37.8 Å². The molecule has 1 fully saturated rings. The van der Waals surface area contributed by atoms with Gasteiger partial charge in [0.05, 0.1) is 4.47 Å². The standard InChI is InChI=1S/C13H19BrN2O.2ClH/c1-2-12(16-8-6-15-7-9-16)10-4-3-5-11(14)13(10)17;;/h3-5,12,15,17H,2,6-9H2,1H3;2*1H/t12-;;/m1../s1. The number of hydrogen-bond acceptors (Lipinski definition) is 3. The molecule has 2 N–H and O–H groups in total. The minimum atomic E-state index is 0. The third-order valence-electron chi connectivity index (χ3n) is 3.36. The molecule has 1 heterocycles. The average Bonchev–Trinajstić information content (AvgIpc) is 2.37. The average molecular weight is 372 g/mol. The number of phenols is 1. The maximum Gasteiger partial charge on any atom is 0.134 e. The predicted octanol–water partition coefficient (Wildman–Crippen LogP) is 3.35. The first-order valence-electron chi connectivity index (χ1n) is 6.16. The van der Waals surface area contributed by atoms with Crippen LogP contribution in [0.1, 0.15) is 24.9 Å². The number of phenolic OH excluding ortho intramolecular Hbond substituents is 1. The lowest BCUT2D eigenvalue weighted by molar-refractivity contribution is 0.167. The number of benzene rings is 1. The summed E-state index contributed by atoms with van der Waals surface area (Å²) in [5.74, 6) is 0.387. The van der Waals surface area contributed by atoms with Gasteiger partial charge in [-0.2, -0.15) is 0 Å². The van der Waals surface area contributed by atoms with Crippen molar-refractivity contribution >= 4 is 40.7 Å². The van der Waals surface area contributed by atoms with Crippen molar-refractivity contribution in [2.45, 2.75) is 19.4 Å². The minimum absolute atomic E-state index is 0. The lowest BCUT2D eigenvalue weighted by atomic mass is 10.0. The number of para-hydroxylation sites is 1. The summed E-state index contributed by atoms with van der Waals surface area (Å²) in [6.07, 6.45) is 1.02. The van der Waals surface area contributed by atoms with Crippen LogP contribution in [0.5, 0.6) is 5.75 Å². The minimum Gasteiger partial charge on any atom is -0.506 e. The second kappa shape index (κ2) is 9.03. The predicted molar refractivity (Wildman–Crippen MR) is 87.8 cm³/mol. The first-order valence-corrected chi connectivity index (χ1v) is 6.95. The van der Waals surface area contributed by atoms with Crippen LogP contribution in [0.25, 0.3) is 0 Å². The normalized spacial score (nSPS) is 17.2. The van der Waals surface area contributed by atoms with Gasteiger partial charge in [0.15, 0.2) is 0 Å². The summed E-state index contributed by atoms with van der Waals surface area (Å²) in [5.41, 5.74) is 1.03. The van der Waals surface area contributed by atoms with Gasteiger partial charge in [-0.3, -0.25) is 4.90 Å². The maximum atomic E-state index is 10.1. The largest absolute Gasteiger partial charge is 0.506 e. The smallest absolute Gasteiger partial charge is 0.134 e. The lowest BCUT2D eigenvalue weighted by Crippen LogP contribution is -2.45. The van der Waals surface area contributed by atoms with Crippen LogP contribution in [-0.4, -0.2) is 36.2 Å². The molecule has 0 unspecified atom stereocenters. The third kappa shape index (κ3) is 4.50. The van der Waals surface area contributed by atoms with E-state index >= 15 is 0 Å². The van der Waals surface area contributed by atoms with E-state index in [-0.39, 0.29) is 24.8 Å². The molecule has 0 radical (unpaired) electrons. The van der Waals surface area contributed by atoms with Gasteiger partial charge in [0.25, 0.3) is 0 Å². The Balaban J connectivity index is 0.00000162. The van der Waals surface area contributed by atoms with Crippen molar-refractivity contribution in [3.63, 3.8) is 0 Å². The maximum absolute atomic E-state index is 10.1. The first-order chi connectivity index (χ1) is 8.24. The molecule has 0 saturated carbocycles. The summed E-state index contributed by atoms with van der Waals surface area (Å²) in [7, 11) is 0. The first kappa shape index (κ1) is 19.0. The Hall–Kier alpha value is -0.000000000000000111. The van der Waals surface area contributed by atoms with E-state index in [2.05, 4.69) is 33.1 Å². The molecule has 1 aromatic rings. The van der Waals surface area contributed by atoms with E-state index in [0.717, 1.165) is 42.6 Å². The summed E-state index contributed by atoms with van der Waals surface area (Å²) >= 11 is 3.39. The van der Waals surface area contributed by atoms with E-state index < -0.39 is 0 Å². The van der Waals surface area contributed by atoms with Crippen LogP contribution in [0.15, 0.2) is 22.7 Å². The SMILES string of the molecule is CC[C@H](c1cccc(Br)c1O)N1CCNCC1.Cl.Cl. The monoisotopic (exact) mass is 370 g/mol. The molecule has 110 valence electrons. The van der Waals surface area contributed by atoms with E-state index in [4.69, 9.17) is 0 Å². The zero-order chi connectivity index (χ0) is 12.3. The molecule has 1 aliphatic heterocycles. The summed E-state index contributed by atoms with van der Waals surface area (Å²) in [4.78, 5) is 2.44. The molecule has 1 atom stereocenters. The molecule has 1 aromatic carbocycles. The summed E-state index contributed by atoms with van der Waals surface area (Å²) in [6.45, 7) is 6.33. The van der Waals surface area contributed by atoms with Crippen LogP contribution in [0.4, 0.5) is 0 Å². The fourth-order valence-corrected chi connectivity index (χ4v) is 2.85. The number of halogens is 3. The van der Waals surface area contributed by atoms with Crippen LogP contribution < -0.4 is 5.32 Å². The molecular weight excluding hydrogens is 351 g/mol. The molecular formula is C13H21BrCl2N2O. The van der Waals surface area contributed by atoms with Gasteiger partial charge in [0.1, 0.15) is 5.75 Å². The van der Waals surface area contributed by atoms with E-state index in [0.29, 0.717) is 11.8 Å². The Labute approximate surface area is 135 Å². The Morgan fingerprint density at radius 1 is 1.32 bits per heavy atom. The summed E-state index contributed by atoms with van der Waals surface area (Å²) in [6, 6.07) is 6.21. The fourth-order valence-electron chi connectivity index (χ4n) is 2.47. The van der Waals surface area contributed by atoms with Gasteiger partial charge in [-0.05, 0) is 28.4 Å². The fraction of sp³-hybridized carbons (Fsp3) is 0.538. The van der Waals surface area contributed by atoms with Crippen LogP contribution in [0.3, 0.4) is 0 Å². The molecule has 2 rings (SSSR count). The summed E-state index contributed by atoms with van der Waals surface area (Å²) in [5, 5.41) is 13.5. The zero-order valence-electron chi connectivity index (χ0n) is 10.9. The van der Waals surface area contributed by atoms with Gasteiger partial charge in [-0.25, -0.2) is 0 Å². The topological polar surface area (TPSA) is 35.5 Å². The number of hydrogen-bond donors (Lipinski definition) is 2. The van der Waals surface area contributed by atoms with Gasteiger partial charge in [-0.1, -0.05) is 19.1 Å². The van der Waals surface area contributed by atoms with E-state index in [1.165, 1.54) is 0 Å². The highest BCUT2D eigenvalue weighted by Gasteiger charge is 2.23. The lowest BCUT2D eigenvalue weighted by Gasteiger charge is -2.35. The van der Waals surface area contributed by atoms with Crippen molar-refractivity contribution in [2.75, 3.05) is 26.2 Å². The van der Waals surface area contributed by atoms with Gasteiger partial charge in [-0.15, -0.1) is 24.8 Å². The van der Waals surface area contributed by atoms with E-state index in [9.17, 15) is 5.11 Å². The number of rotatable bonds is 3. The van der Waals surface area contributed by atoms with Crippen molar-refractivity contribution in [1.82, 2.24) is 10.2 Å². The van der Waals surface area contributed by atoms with Gasteiger partial charge in [0.2, 0.25) is 0 Å². The number of nitrogens with zero attached hydrogens (tertiary/aromatic N) is 1. The molecule has 19 heavy (non-hydrogen) atoms. The van der Waals surface area contributed by atoms with Crippen LogP contribution >= 0.6 is 40.7 Å². The molecule has 6 heteroatoms. The number of aromatic hydroxyl groups is 1. The Morgan fingerprint density at radius 2 is 1.95 bits per heavy atom. The zero-order valence-corrected chi connectivity index (χ0v) is 14.2. The van der Waals surface area contributed by atoms with Crippen molar-refractivity contribution < 1.29 is 5.11 Å². The molecule has 1 saturated heterocycles. The Morgan fingerprint density at radius 3 is 2.53 bits per heavy atom. The van der Waals surface area contributed by atoms with Crippen molar-refractivity contribution in [2.24, 2.45) is 0 Å². The van der Waals surface area contributed by atoms with E-state index in [1.54, 1.807) is 0 Å². The Bertz CT molecular complexity index is 387. The molecule has 0 spiro atoms. The van der Waals surface area contributed by atoms with Gasteiger partial charge >= 0.3 is 0 Å². The highest BCUT2D eigenvalue weighted by molar-refractivity contribution is 9.10. The van der Waals surface area contributed by atoms with Gasteiger partial charge < -0.3 is 10.4 Å². The highest BCUT2D eigenvalue weighted by atomic mass is 79.9. The van der Waals surface area contributed by atoms with Crippen molar-refractivity contribution in [3.8, 4) is 5.75 Å². The molecule has 3 nitrogen and oxygen atoms in total. The summed E-state index contributed by atoms with van der Waals surface area (Å²) < 4.78 is 0.781. The molecule has 1 aliphatic rings.